The Morgan fingerprint density at radius 2 is 2.10 bits per heavy atom. The van der Waals surface area contributed by atoms with Crippen molar-refractivity contribution in [3.63, 3.8) is 0 Å². The van der Waals surface area contributed by atoms with Crippen molar-refractivity contribution in [2.45, 2.75) is 31.7 Å². The predicted octanol–water partition coefficient (Wildman–Crippen LogP) is 0.272. The number of nitrogens with two attached hydrogens (primary N) is 1. The summed E-state index contributed by atoms with van der Waals surface area (Å²) in [6, 6.07) is 0.163. The number of ketones is 1. The molecule has 1 rings (SSSR count). The summed E-state index contributed by atoms with van der Waals surface area (Å²) in [4.78, 5) is 18.6. The first-order valence-electron chi connectivity index (χ1n) is 3.35. The number of hydrogen-bond donors (Lipinski definition) is 1. The third-order valence-corrected chi connectivity index (χ3v) is 1.52. The highest BCUT2D eigenvalue weighted by Crippen LogP contribution is 2.11. The molecule has 2 N–H and O–H groups in total. The average molecular weight is 143 g/mol. The van der Waals surface area contributed by atoms with Gasteiger partial charge in [0.1, 0.15) is 12.6 Å². The van der Waals surface area contributed by atoms with Crippen molar-refractivity contribution in [1.82, 2.24) is 0 Å². The van der Waals surface area contributed by atoms with Crippen molar-refractivity contribution in [3.8, 4) is 0 Å². The van der Waals surface area contributed by atoms with Crippen molar-refractivity contribution >= 4 is 12.6 Å². The summed E-state index contributed by atoms with van der Waals surface area (Å²) >= 11 is 0. The van der Waals surface area contributed by atoms with Crippen molar-refractivity contribution < 1.29 is 9.59 Å². The fourth-order valence-electron chi connectivity index (χ4n) is 1.06. The van der Waals surface area contributed by atoms with Crippen LogP contribution in [0.25, 0.3) is 0 Å². The van der Waals surface area contributed by atoms with Crippen LogP contribution >= 0.6 is 0 Å². The molecule has 1 atom stereocenters. The number of carbonyl (C=O) groups excluding carboxylic acids is 2. The smallest absolute Gasteiger partial charge is 0.134 e. The van der Waals surface area contributed by atoms with E-state index < -0.39 is 0 Å². The SMILES string of the molecule is C=O.NC1CCCC(=O)C1. The second-order valence-electron chi connectivity index (χ2n) is 2.40. The van der Waals surface area contributed by atoms with E-state index in [-0.39, 0.29) is 6.04 Å². The quantitative estimate of drug-likeness (QED) is 0.529. The van der Waals surface area contributed by atoms with Gasteiger partial charge >= 0.3 is 0 Å². The zero-order chi connectivity index (χ0) is 7.98. The van der Waals surface area contributed by atoms with Gasteiger partial charge in [-0.05, 0) is 12.8 Å². The topological polar surface area (TPSA) is 60.2 Å². The third-order valence-electron chi connectivity index (χ3n) is 1.52. The van der Waals surface area contributed by atoms with Crippen LogP contribution in [-0.2, 0) is 9.59 Å². The minimum atomic E-state index is 0.163. The molecule has 1 unspecified atom stereocenters. The molecular formula is C7H13NO2. The van der Waals surface area contributed by atoms with E-state index in [4.69, 9.17) is 10.5 Å². The molecule has 1 aliphatic rings. The fraction of sp³-hybridized carbons (Fsp3) is 0.714. The normalized spacial score (nSPS) is 24.9. The Balaban J connectivity index is 0.000000371. The molecule has 0 spiro atoms. The van der Waals surface area contributed by atoms with Gasteiger partial charge < -0.3 is 10.5 Å². The monoisotopic (exact) mass is 143 g/mol. The Bertz CT molecular complexity index is 114. The van der Waals surface area contributed by atoms with E-state index in [1.807, 2.05) is 6.79 Å². The Hall–Kier alpha value is -0.700. The van der Waals surface area contributed by atoms with Crippen LogP contribution in [0.3, 0.4) is 0 Å². The summed E-state index contributed by atoms with van der Waals surface area (Å²) < 4.78 is 0. The van der Waals surface area contributed by atoms with E-state index in [2.05, 4.69) is 0 Å². The standard InChI is InChI=1S/C6H11NO.CH2O/c7-5-2-1-3-6(8)4-5;1-2/h5H,1-4,7H2;1H2. The van der Waals surface area contributed by atoms with E-state index in [0.717, 1.165) is 19.3 Å². The molecule has 0 aliphatic heterocycles. The van der Waals surface area contributed by atoms with E-state index in [1.54, 1.807) is 0 Å². The van der Waals surface area contributed by atoms with Crippen LogP contribution < -0.4 is 5.73 Å². The largest absolute Gasteiger partial charge is 0.327 e. The zero-order valence-electron chi connectivity index (χ0n) is 6.01. The second kappa shape index (κ2) is 5.11. The molecule has 0 heterocycles. The summed E-state index contributed by atoms with van der Waals surface area (Å²) in [6.45, 7) is 2.00. The van der Waals surface area contributed by atoms with Crippen LogP contribution in [0.2, 0.25) is 0 Å². The number of rotatable bonds is 0. The molecule has 1 fully saturated rings. The number of Topliss-reactive ketones (excluding diaryl/α,β-unsaturated/α-hetero) is 1. The molecule has 0 aromatic heterocycles. The highest BCUT2D eigenvalue weighted by molar-refractivity contribution is 5.79. The molecule has 10 heavy (non-hydrogen) atoms. The maximum Gasteiger partial charge on any atom is 0.134 e. The van der Waals surface area contributed by atoms with E-state index >= 15 is 0 Å². The molecule has 0 amide bonds. The van der Waals surface area contributed by atoms with E-state index in [0.29, 0.717) is 12.2 Å². The Morgan fingerprint density at radius 3 is 2.40 bits per heavy atom. The molecule has 1 saturated carbocycles. The van der Waals surface area contributed by atoms with Gasteiger partial charge in [-0.25, -0.2) is 0 Å². The van der Waals surface area contributed by atoms with Crippen LogP contribution in [0.1, 0.15) is 25.7 Å². The van der Waals surface area contributed by atoms with Gasteiger partial charge in [-0.15, -0.1) is 0 Å². The van der Waals surface area contributed by atoms with Gasteiger partial charge in [0.05, 0.1) is 0 Å². The van der Waals surface area contributed by atoms with Crippen molar-refractivity contribution in [2.24, 2.45) is 5.73 Å². The van der Waals surface area contributed by atoms with Gasteiger partial charge in [0, 0.05) is 18.9 Å². The number of hydrogen-bond acceptors (Lipinski definition) is 3. The van der Waals surface area contributed by atoms with Gasteiger partial charge in [0.15, 0.2) is 0 Å². The lowest BCUT2D eigenvalue weighted by Crippen LogP contribution is -2.27. The summed E-state index contributed by atoms with van der Waals surface area (Å²) in [7, 11) is 0. The molecule has 0 bridgehead atoms. The summed E-state index contributed by atoms with van der Waals surface area (Å²) in [5.41, 5.74) is 5.50. The molecule has 0 aromatic rings. The molecule has 0 saturated heterocycles. The maximum absolute atomic E-state index is 10.6. The Kier molecular flexibility index (Phi) is 4.76. The summed E-state index contributed by atoms with van der Waals surface area (Å²) in [6.07, 6.45) is 3.40. The Labute approximate surface area is 60.6 Å². The first kappa shape index (κ1) is 9.30. The van der Waals surface area contributed by atoms with Crippen molar-refractivity contribution in [1.29, 1.82) is 0 Å². The van der Waals surface area contributed by atoms with Gasteiger partial charge in [-0.2, -0.15) is 0 Å². The molecule has 0 aromatic carbocycles. The molecule has 1 aliphatic carbocycles. The lowest BCUT2D eigenvalue weighted by atomic mass is 9.95. The van der Waals surface area contributed by atoms with Gasteiger partial charge in [-0.1, -0.05) is 0 Å². The van der Waals surface area contributed by atoms with Crippen LogP contribution in [0.15, 0.2) is 0 Å². The fourth-order valence-corrected chi connectivity index (χ4v) is 1.06. The molecule has 3 heteroatoms. The van der Waals surface area contributed by atoms with E-state index in [1.165, 1.54) is 0 Å². The third kappa shape index (κ3) is 3.35. The molecule has 58 valence electrons. The van der Waals surface area contributed by atoms with Gasteiger partial charge in [0.25, 0.3) is 0 Å². The number of carbonyl (C=O) groups is 2. The predicted molar refractivity (Wildman–Crippen MR) is 38.6 cm³/mol. The van der Waals surface area contributed by atoms with Crippen LogP contribution in [0.5, 0.6) is 0 Å². The Morgan fingerprint density at radius 1 is 1.50 bits per heavy atom. The van der Waals surface area contributed by atoms with E-state index in [9.17, 15) is 4.79 Å². The van der Waals surface area contributed by atoms with Crippen LogP contribution in [0, 0.1) is 0 Å². The maximum atomic E-state index is 10.6. The average Bonchev–Trinajstić information content (AvgIpc) is 1.91. The lowest BCUT2D eigenvalue weighted by molar-refractivity contribution is -0.120. The second-order valence-corrected chi connectivity index (χ2v) is 2.40. The highest BCUT2D eigenvalue weighted by Gasteiger charge is 2.14. The molecule has 0 radical (unpaired) electrons. The van der Waals surface area contributed by atoms with Crippen LogP contribution in [0.4, 0.5) is 0 Å². The zero-order valence-corrected chi connectivity index (χ0v) is 6.01. The first-order valence-corrected chi connectivity index (χ1v) is 3.35. The van der Waals surface area contributed by atoms with Gasteiger partial charge in [-0.3, -0.25) is 4.79 Å². The minimum Gasteiger partial charge on any atom is -0.327 e. The van der Waals surface area contributed by atoms with Crippen molar-refractivity contribution in [3.05, 3.63) is 0 Å². The molecular weight excluding hydrogens is 130 g/mol. The summed E-state index contributed by atoms with van der Waals surface area (Å²) in [5.74, 6) is 0.337. The lowest BCUT2D eigenvalue weighted by Gasteiger charge is -2.14. The molecule has 3 nitrogen and oxygen atoms in total. The van der Waals surface area contributed by atoms with Crippen LogP contribution in [-0.4, -0.2) is 18.6 Å². The van der Waals surface area contributed by atoms with Gasteiger partial charge in [0.2, 0.25) is 0 Å². The highest BCUT2D eigenvalue weighted by atomic mass is 16.1. The van der Waals surface area contributed by atoms with Crippen molar-refractivity contribution in [2.75, 3.05) is 0 Å². The summed E-state index contributed by atoms with van der Waals surface area (Å²) in [5, 5.41) is 0. The first-order chi connectivity index (χ1) is 4.79. The minimum absolute atomic E-state index is 0.163.